The van der Waals surface area contributed by atoms with Gasteiger partial charge in [0.05, 0.1) is 11.3 Å². The number of anilines is 1. The summed E-state index contributed by atoms with van der Waals surface area (Å²) in [6.07, 6.45) is 8.97. The minimum Gasteiger partial charge on any atom is -0.506 e. The average Bonchev–Trinajstić information content (AvgIpc) is 2.68. The van der Waals surface area contributed by atoms with Crippen molar-refractivity contribution in [1.82, 2.24) is 0 Å². The highest BCUT2D eigenvalue weighted by atomic mass is 16.4. The molecule has 1 aromatic carbocycles. The number of hydrogen-bond donors (Lipinski definition) is 2. The molecule has 1 saturated heterocycles. The first kappa shape index (κ1) is 16.2. The number of aromatic hydroxyl groups is 1. The van der Waals surface area contributed by atoms with Crippen LogP contribution in [-0.2, 0) is 0 Å². The van der Waals surface area contributed by atoms with E-state index in [-0.39, 0.29) is 11.3 Å². The average molecular weight is 317 g/mol. The molecule has 23 heavy (non-hydrogen) atoms. The Morgan fingerprint density at radius 3 is 2.39 bits per heavy atom. The van der Waals surface area contributed by atoms with Crippen LogP contribution in [0.25, 0.3) is 0 Å². The molecule has 0 amide bonds. The molecule has 2 atom stereocenters. The van der Waals surface area contributed by atoms with Gasteiger partial charge < -0.3 is 15.1 Å². The molecule has 126 valence electrons. The maximum Gasteiger partial charge on any atom is 0.335 e. The van der Waals surface area contributed by atoms with Crippen molar-refractivity contribution in [2.45, 2.75) is 70.9 Å². The molecule has 1 aliphatic carbocycles. The molecule has 2 N–H and O–H groups in total. The maximum atomic E-state index is 11.1. The number of phenolic OH excluding ortho intramolecular Hbond substituents is 1. The fraction of sp³-hybridized carbons (Fsp3) is 0.632. The Kier molecular flexibility index (Phi) is 4.26. The van der Waals surface area contributed by atoms with Gasteiger partial charge in [-0.2, -0.15) is 0 Å². The van der Waals surface area contributed by atoms with Crippen LogP contribution in [0.5, 0.6) is 5.75 Å². The predicted octanol–water partition coefficient (Wildman–Crippen LogP) is 4.42. The van der Waals surface area contributed by atoms with Gasteiger partial charge in [0, 0.05) is 12.1 Å². The van der Waals surface area contributed by atoms with Gasteiger partial charge in [-0.1, -0.05) is 25.7 Å². The van der Waals surface area contributed by atoms with Crippen molar-refractivity contribution in [2.24, 2.45) is 5.41 Å². The van der Waals surface area contributed by atoms with Crippen molar-refractivity contribution < 1.29 is 15.0 Å². The first-order chi connectivity index (χ1) is 10.9. The molecule has 0 bridgehead atoms. The molecule has 3 rings (SSSR count). The highest BCUT2D eigenvalue weighted by Crippen LogP contribution is 2.52. The van der Waals surface area contributed by atoms with E-state index < -0.39 is 5.97 Å². The molecular weight excluding hydrogens is 290 g/mol. The molecule has 1 spiro atoms. The summed E-state index contributed by atoms with van der Waals surface area (Å²) in [5.41, 5.74) is 1.25. The summed E-state index contributed by atoms with van der Waals surface area (Å²) < 4.78 is 0. The lowest BCUT2D eigenvalue weighted by atomic mass is 9.74. The molecule has 1 aromatic rings. The van der Waals surface area contributed by atoms with Gasteiger partial charge in [0.15, 0.2) is 0 Å². The molecule has 2 aliphatic rings. The van der Waals surface area contributed by atoms with Gasteiger partial charge in [-0.25, -0.2) is 4.79 Å². The first-order valence-corrected chi connectivity index (χ1v) is 8.79. The van der Waals surface area contributed by atoms with E-state index in [0.717, 1.165) is 12.1 Å². The highest BCUT2D eigenvalue weighted by Gasteiger charge is 2.48. The Labute approximate surface area is 138 Å². The Morgan fingerprint density at radius 1 is 1.17 bits per heavy atom. The van der Waals surface area contributed by atoms with Crippen molar-refractivity contribution in [2.75, 3.05) is 4.90 Å². The molecule has 2 unspecified atom stereocenters. The zero-order chi connectivity index (χ0) is 16.6. The van der Waals surface area contributed by atoms with Crippen molar-refractivity contribution in [3.8, 4) is 5.75 Å². The van der Waals surface area contributed by atoms with Gasteiger partial charge in [-0.05, 0) is 56.7 Å². The Balaban J connectivity index is 1.92. The fourth-order valence-electron chi connectivity index (χ4n) is 4.91. The third kappa shape index (κ3) is 2.79. The van der Waals surface area contributed by atoms with Gasteiger partial charge in [0.2, 0.25) is 0 Å². The summed E-state index contributed by atoms with van der Waals surface area (Å²) >= 11 is 0. The molecule has 2 fully saturated rings. The number of benzene rings is 1. The van der Waals surface area contributed by atoms with E-state index in [1.54, 1.807) is 12.1 Å². The molecule has 4 nitrogen and oxygen atoms in total. The van der Waals surface area contributed by atoms with Gasteiger partial charge >= 0.3 is 5.97 Å². The van der Waals surface area contributed by atoms with Gasteiger partial charge in [0.25, 0.3) is 0 Å². The number of carboxylic acids is 1. The summed E-state index contributed by atoms with van der Waals surface area (Å²) in [6.45, 7) is 4.50. The number of aromatic carboxylic acids is 1. The molecule has 0 radical (unpaired) electrons. The molecule has 4 heteroatoms. The third-order valence-electron chi connectivity index (χ3n) is 6.08. The van der Waals surface area contributed by atoms with Crippen molar-refractivity contribution >= 4 is 11.7 Å². The molecular formula is C19H27NO3. The van der Waals surface area contributed by atoms with Crippen LogP contribution in [0.2, 0.25) is 0 Å². The van der Waals surface area contributed by atoms with E-state index in [0.29, 0.717) is 17.5 Å². The van der Waals surface area contributed by atoms with E-state index in [4.69, 9.17) is 5.11 Å². The predicted molar refractivity (Wildman–Crippen MR) is 91.2 cm³/mol. The number of rotatable bonds is 2. The normalized spacial score (nSPS) is 27.1. The van der Waals surface area contributed by atoms with Crippen molar-refractivity contribution in [3.63, 3.8) is 0 Å². The first-order valence-electron chi connectivity index (χ1n) is 8.79. The van der Waals surface area contributed by atoms with Crippen LogP contribution in [0.4, 0.5) is 5.69 Å². The zero-order valence-corrected chi connectivity index (χ0v) is 14.1. The monoisotopic (exact) mass is 317 g/mol. The lowest BCUT2D eigenvalue weighted by molar-refractivity contribution is 0.0696. The third-order valence-corrected chi connectivity index (χ3v) is 6.08. The SMILES string of the molecule is CC1CC2(CCCCCC2)C(C)N1c1ccc(C(=O)O)cc1O. The zero-order valence-electron chi connectivity index (χ0n) is 14.1. The van der Waals surface area contributed by atoms with Crippen LogP contribution >= 0.6 is 0 Å². The van der Waals surface area contributed by atoms with Crippen molar-refractivity contribution in [1.29, 1.82) is 0 Å². The summed E-state index contributed by atoms with van der Waals surface area (Å²) in [4.78, 5) is 13.4. The minimum absolute atomic E-state index is 0.0780. The quantitative estimate of drug-likeness (QED) is 0.847. The van der Waals surface area contributed by atoms with E-state index in [1.807, 2.05) is 0 Å². The van der Waals surface area contributed by atoms with E-state index in [2.05, 4.69) is 18.7 Å². The van der Waals surface area contributed by atoms with Crippen LogP contribution in [-0.4, -0.2) is 28.3 Å². The fourth-order valence-corrected chi connectivity index (χ4v) is 4.91. The van der Waals surface area contributed by atoms with Crippen molar-refractivity contribution in [3.05, 3.63) is 23.8 Å². The largest absolute Gasteiger partial charge is 0.506 e. The van der Waals surface area contributed by atoms with E-state index in [1.165, 1.54) is 44.6 Å². The molecule has 1 heterocycles. The summed E-state index contributed by atoms with van der Waals surface area (Å²) in [6, 6.07) is 5.47. The number of phenols is 1. The molecule has 1 aliphatic heterocycles. The number of carbonyl (C=O) groups is 1. The highest BCUT2D eigenvalue weighted by molar-refractivity contribution is 5.89. The van der Waals surface area contributed by atoms with E-state index >= 15 is 0 Å². The van der Waals surface area contributed by atoms with Crippen LogP contribution in [0, 0.1) is 5.41 Å². The standard InChI is InChI=1S/C19H27NO3/c1-13-12-19(9-5-3-4-6-10-19)14(2)20(13)16-8-7-15(18(22)23)11-17(16)21/h7-8,11,13-14,21H,3-6,9-10,12H2,1-2H3,(H,22,23). The Bertz CT molecular complexity index is 590. The summed E-state index contributed by atoms with van der Waals surface area (Å²) in [5.74, 6) is -0.927. The second-order valence-corrected chi connectivity index (χ2v) is 7.42. The summed E-state index contributed by atoms with van der Waals surface area (Å²) in [5, 5.41) is 19.4. The minimum atomic E-state index is -1.00. The topological polar surface area (TPSA) is 60.8 Å². The number of hydrogen-bond acceptors (Lipinski definition) is 3. The van der Waals surface area contributed by atoms with Crippen LogP contribution in [0.3, 0.4) is 0 Å². The number of nitrogens with zero attached hydrogens (tertiary/aromatic N) is 1. The maximum absolute atomic E-state index is 11.1. The van der Waals surface area contributed by atoms with Crippen LogP contribution < -0.4 is 4.90 Å². The number of carboxylic acid groups (broad SMARTS) is 1. The van der Waals surface area contributed by atoms with Crippen LogP contribution in [0.1, 0.15) is 69.2 Å². The smallest absolute Gasteiger partial charge is 0.335 e. The lowest BCUT2D eigenvalue weighted by Gasteiger charge is -2.37. The Hall–Kier alpha value is -1.71. The molecule has 1 saturated carbocycles. The van der Waals surface area contributed by atoms with Gasteiger partial charge in [-0.3, -0.25) is 0 Å². The lowest BCUT2D eigenvalue weighted by Crippen LogP contribution is -2.38. The van der Waals surface area contributed by atoms with Gasteiger partial charge in [-0.15, -0.1) is 0 Å². The van der Waals surface area contributed by atoms with E-state index in [9.17, 15) is 9.90 Å². The second kappa shape index (κ2) is 6.06. The van der Waals surface area contributed by atoms with Crippen LogP contribution in [0.15, 0.2) is 18.2 Å². The Morgan fingerprint density at radius 2 is 1.83 bits per heavy atom. The van der Waals surface area contributed by atoms with Gasteiger partial charge in [0.1, 0.15) is 5.75 Å². The summed E-state index contributed by atoms with van der Waals surface area (Å²) in [7, 11) is 0. The second-order valence-electron chi connectivity index (χ2n) is 7.42. The molecule has 0 aromatic heterocycles.